The Morgan fingerprint density at radius 1 is 1.59 bits per heavy atom. The lowest BCUT2D eigenvalue weighted by atomic mass is 10.3. The first-order valence-corrected chi connectivity index (χ1v) is 7.55. The van der Waals surface area contributed by atoms with Crippen LogP contribution in [0.1, 0.15) is 26.7 Å². The molecule has 4 heteroatoms. The Hall–Kier alpha value is -0.640. The molecule has 1 N–H and O–H groups in total. The molecule has 0 aliphatic carbocycles. The number of guanidine groups is 1. The van der Waals surface area contributed by atoms with Gasteiger partial charge in [0.2, 0.25) is 0 Å². The minimum Gasteiger partial charge on any atom is -0.356 e. The maximum atomic E-state index is 4.38. The van der Waals surface area contributed by atoms with E-state index in [9.17, 15) is 0 Å². The highest BCUT2D eigenvalue weighted by Crippen LogP contribution is 2.20. The van der Waals surface area contributed by atoms with Gasteiger partial charge >= 0.3 is 0 Å². The Labute approximate surface area is 110 Å². The maximum Gasteiger partial charge on any atom is 0.193 e. The van der Waals surface area contributed by atoms with Crippen LogP contribution in [-0.2, 0) is 0 Å². The molecule has 17 heavy (non-hydrogen) atoms. The van der Waals surface area contributed by atoms with E-state index in [1.807, 2.05) is 7.05 Å². The number of nitrogens with zero attached hydrogens (tertiary/aromatic N) is 2. The van der Waals surface area contributed by atoms with Crippen LogP contribution < -0.4 is 5.32 Å². The Bertz CT molecular complexity index is 263. The molecule has 1 rings (SSSR count). The molecule has 98 valence electrons. The first-order valence-electron chi connectivity index (χ1n) is 6.50. The number of thioether (sulfide) groups is 1. The van der Waals surface area contributed by atoms with Gasteiger partial charge in [-0.25, -0.2) is 0 Å². The van der Waals surface area contributed by atoms with E-state index in [4.69, 9.17) is 0 Å². The van der Waals surface area contributed by atoms with Crippen LogP contribution in [0.2, 0.25) is 0 Å². The first kappa shape index (κ1) is 14.4. The van der Waals surface area contributed by atoms with Crippen molar-refractivity contribution >= 4 is 17.7 Å². The van der Waals surface area contributed by atoms with Crippen molar-refractivity contribution < 1.29 is 0 Å². The van der Waals surface area contributed by atoms with Gasteiger partial charge in [0.1, 0.15) is 0 Å². The molecule has 1 unspecified atom stereocenters. The van der Waals surface area contributed by atoms with Gasteiger partial charge in [-0.15, -0.1) is 0 Å². The fourth-order valence-corrected chi connectivity index (χ4v) is 3.11. The van der Waals surface area contributed by atoms with Crippen LogP contribution >= 0.6 is 11.8 Å². The third kappa shape index (κ3) is 5.02. The van der Waals surface area contributed by atoms with Crippen LogP contribution in [0.5, 0.6) is 0 Å². The molecule has 0 aromatic carbocycles. The summed E-state index contributed by atoms with van der Waals surface area (Å²) in [6.07, 6.45) is 6.59. The number of allylic oxidation sites excluding steroid dienone is 1. The number of aliphatic imine (C=N–C) groups is 1. The van der Waals surface area contributed by atoms with Crippen LogP contribution in [0.15, 0.2) is 17.1 Å². The molecule has 0 bridgehead atoms. The van der Waals surface area contributed by atoms with Crippen molar-refractivity contribution in [1.82, 2.24) is 10.2 Å². The first-order chi connectivity index (χ1) is 8.31. The summed E-state index contributed by atoms with van der Waals surface area (Å²) >= 11 is 2.09. The molecular formula is C13H25N3S. The fraction of sp³-hybridized carbons (Fsp3) is 0.769. The second-order valence-electron chi connectivity index (χ2n) is 4.18. The van der Waals surface area contributed by atoms with E-state index in [2.05, 4.69) is 53.0 Å². The van der Waals surface area contributed by atoms with Crippen molar-refractivity contribution in [2.45, 2.75) is 31.9 Å². The van der Waals surface area contributed by atoms with E-state index in [1.54, 1.807) is 0 Å². The third-order valence-electron chi connectivity index (χ3n) is 2.94. The minimum atomic E-state index is 0.762. The smallest absolute Gasteiger partial charge is 0.193 e. The van der Waals surface area contributed by atoms with Crippen LogP contribution in [0.4, 0.5) is 0 Å². The summed E-state index contributed by atoms with van der Waals surface area (Å²) in [5.74, 6) is 2.28. The highest BCUT2D eigenvalue weighted by Gasteiger charge is 2.20. The average molecular weight is 255 g/mol. The van der Waals surface area contributed by atoms with Gasteiger partial charge in [0, 0.05) is 37.7 Å². The maximum absolute atomic E-state index is 4.38. The predicted molar refractivity (Wildman–Crippen MR) is 78.9 cm³/mol. The molecule has 1 heterocycles. The molecule has 1 fully saturated rings. The van der Waals surface area contributed by atoms with Gasteiger partial charge in [-0.3, -0.25) is 4.99 Å². The van der Waals surface area contributed by atoms with Crippen LogP contribution in [-0.4, -0.2) is 48.5 Å². The van der Waals surface area contributed by atoms with Crippen LogP contribution in [0, 0.1) is 0 Å². The molecule has 0 aromatic rings. The third-order valence-corrected chi connectivity index (χ3v) is 4.31. The molecule has 0 saturated carbocycles. The van der Waals surface area contributed by atoms with E-state index in [0.29, 0.717) is 0 Å². The summed E-state index contributed by atoms with van der Waals surface area (Å²) in [6, 6.07) is 0. The Balaban J connectivity index is 2.38. The molecular weight excluding hydrogens is 230 g/mol. The Morgan fingerprint density at radius 2 is 2.41 bits per heavy atom. The summed E-state index contributed by atoms with van der Waals surface area (Å²) in [5, 5.41) is 4.20. The van der Waals surface area contributed by atoms with Crippen molar-refractivity contribution in [3.05, 3.63) is 12.2 Å². The minimum absolute atomic E-state index is 0.762. The lowest BCUT2D eigenvalue weighted by Crippen LogP contribution is -2.48. The van der Waals surface area contributed by atoms with E-state index in [1.165, 1.54) is 12.2 Å². The van der Waals surface area contributed by atoms with Crippen molar-refractivity contribution in [3.63, 3.8) is 0 Å². The quantitative estimate of drug-likeness (QED) is 0.362. The fourth-order valence-electron chi connectivity index (χ4n) is 1.92. The Morgan fingerprint density at radius 3 is 3.06 bits per heavy atom. The molecule has 0 aromatic heterocycles. The molecule has 1 atom stereocenters. The van der Waals surface area contributed by atoms with Gasteiger partial charge in [-0.2, -0.15) is 11.8 Å². The second-order valence-corrected chi connectivity index (χ2v) is 5.59. The number of hydrogen-bond donors (Lipinski definition) is 1. The summed E-state index contributed by atoms with van der Waals surface area (Å²) in [7, 11) is 1.88. The van der Waals surface area contributed by atoms with E-state index in [-0.39, 0.29) is 0 Å². The van der Waals surface area contributed by atoms with Crippen molar-refractivity contribution in [2.75, 3.05) is 32.4 Å². The van der Waals surface area contributed by atoms with Crippen molar-refractivity contribution in [2.24, 2.45) is 4.99 Å². The average Bonchev–Trinajstić information content (AvgIpc) is 2.39. The standard InChI is InChI=1S/C13H25N3S/c1-4-6-7-8-15-13(14-3)16-9-10-17-12(5-2)11-16/h4,6,12H,5,7-11H2,1-3H3,(H,14,15)/b6-4+. The van der Waals surface area contributed by atoms with Gasteiger partial charge < -0.3 is 10.2 Å². The van der Waals surface area contributed by atoms with Gasteiger partial charge in [0.25, 0.3) is 0 Å². The van der Waals surface area contributed by atoms with E-state index < -0.39 is 0 Å². The number of rotatable bonds is 4. The summed E-state index contributed by atoms with van der Waals surface area (Å²) in [4.78, 5) is 6.77. The number of nitrogens with one attached hydrogen (secondary N) is 1. The number of hydrogen-bond acceptors (Lipinski definition) is 2. The zero-order valence-electron chi connectivity index (χ0n) is 11.3. The van der Waals surface area contributed by atoms with Crippen molar-refractivity contribution in [3.8, 4) is 0 Å². The van der Waals surface area contributed by atoms with Gasteiger partial charge in [-0.1, -0.05) is 19.1 Å². The SMILES string of the molecule is C/C=C/CCNC(=NC)N1CCSC(CC)C1. The summed E-state index contributed by atoms with van der Waals surface area (Å²) < 4.78 is 0. The largest absolute Gasteiger partial charge is 0.356 e. The molecule has 1 aliphatic rings. The van der Waals surface area contributed by atoms with E-state index in [0.717, 1.165) is 37.3 Å². The topological polar surface area (TPSA) is 27.6 Å². The van der Waals surface area contributed by atoms with Crippen LogP contribution in [0.3, 0.4) is 0 Å². The zero-order valence-corrected chi connectivity index (χ0v) is 12.1. The second kappa shape index (κ2) is 8.45. The predicted octanol–water partition coefficient (Wildman–Crippen LogP) is 2.36. The van der Waals surface area contributed by atoms with E-state index >= 15 is 0 Å². The van der Waals surface area contributed by atoms with Gasteiger partial charge in [0.05, 0.1) is 0 Å². The normalized spacial score (nSPS) is 22.2. The summed E-state index contributed by atoms with van der Waals surface area (Å²) in [6.45, 7) is 7.54. The molecule has 3 nitrogen and oxygen atoms in total. The highest BCUT2D eigenvalue weighted by molar-refractivity contribution is 8.00. The molecule has 1 saturated heterocycles. The monoisotopic (exact) mass is 255 g/mol. The van der Waals surface area contributed by atoms with Crippen molar-refractivity contribution in [1.29, 1.82) is 0 Å². The molecule has 0 amide bonds. The molecule has 0 radical (unpaired) electrons. The molecule has 0 spiro atoms. The van der Waals surface area contributed by atoms with Crippen LogP contribution in [0.25, 0.3) is 0 Å². The lowest BCUT2D eigenvalue weighted by molar-refractivity contribution is 0.409. The Kier molecular flexibility index (Phi) is 7.17. The summed E-state index contributed by atoms with van der Waals surface area (Å²) in [5.41, 5.74) is 0. The van der Waals surface area contributed by atoms with Gasteiger partial charge in [0.15, 0.2) is 5.96 Å². The van der Waals surface area contributed by atoms with Gasteiger partial charge in [-0.05, 0) is 19.8 Å². The molecule has 1 aliphatic heterocycles. The zero-order chi connectivity index (χ0) is 12.5. The lowest BCUT2D eigenvalue weighted by Gasteiger charge is -2.34. The highest BCUT2D eigenvalue weighted by atomic mass is 32.2.